The summed E-state index contributed by atoms with van der Waals surface area (Å²) in [6, 6.07) is 8.74. The lowest BCUT2D eigenvalue weighted by Gasteiger charge is -2.22. The fourth-order valence-electron chi connectivity index (χ4n) is 2.81. The fourth-order valence-corrected chi connectivity index (χ4v) is 2.81. The van der Waals surface area contributed by atoms with E-state index in [4.69, 9.17) is 0 Å². The summed E-state index contributed by atoms with van der Waals surface area (Å²) in [5.74, 6) is 1.13. The van der Waals surface area contributed by atoms with Crippen LogP contribution in [0.25, 0.3) is 0 Å². The molecule has 0 bridgehead atoms. The number of nitrogens with one attached hydrogen (secondary N) is 1. The van der Waals surface area contributed by atoms with E-state index in [0.717, 1.165) is 32.6 Å². The molecule has 0 saturated carbocycles. The van der Waals surface area contributed by atoms with Crippen molar-refractivity contribution in [2.24, 2.45) is 0 Å². The number of nitrogens with zero attached hydrogens (tertiary/aromatic N) is 1. The Hall–Kier alpha value is -1.35. The van der Waals surface area contributed by atoms with Gasteiger partial charge < -0.3 is 10.2 Å². The van der Waals surface area contributed by atoms with Crippen molar-refractivity contribution in [3.05, 3.63) is 35.4 Å². The second-order valence-electron chi connectivity index (χ2n) is 6.41. The number of amides is 1. The van der Waals surface area contributed by atoms with Gasteiger partial charge in [0.05, 0.1) is 0 Å². The summed E-state index contributed by atoms with van der Waals surface area (Å²) < 4.78 is 0. The molecule has 116 valence electrons. The maximum absolute atomic E-state index is 12.4. The monoisotopic (exact) mass is 288 g/mol. The largest absolute Gasteiger partial charge is 0.341 e. The van der Waals surface area contributed by atoms with Gasteiger partial charge in [-0.1, -0.05) is 45.0 Å². The summed E-state index contributed by atoms with van der Waals surface area (Å²) in [5, 5.41) is 3.34. The van der Waals surface area contributed by atoms with Gasteiger partial charge in [-0.25, -0.2) is 0 Å². The molecule has 3 heteroatoms. The van der Waals surface area contributed by atoms with Crippen LogP contribution in [0.3, 0.4) is 0 Å². The summed E-state index contributed by atoms with van der Waals surface area (Å²) in [6.45, 7) is 10.2. The molecule has 0 aliphatic carbocycles. The normalized spacial score (nSPS) is 17.6. The minimum absolute atomic E-state index is 0.287. The van der Waals surface area contributed by atoms with Crippen LogP contribution in [0.4, 0.5) is 0 Å². The molecule has 0 aromatic heterocycles. The first-order valence-electron chi connectivity index (χ1n) is 8.16. The lowest BCUT2D eigenvalue weighted by Crippen LogP contribution is -2.34. The number of hydrogen-bond donors (Lipinski definition) is 1. The predicted octanol–water partition coefficient (Wildman–Crippen LogP) is 3.13. The van der Waals surface area contributed by atoms with Crippen LogP contribution in [0, 0.1) is 0 Å². The summed E-state index contributed by atoms with van der Waals surface area (Å²) in [4.78, 5) is 14.4. The van der Waals surface area contributed by atoms with E-state index in [2.05, 4.69) is 50.4 Å². The molecule has 3 nitrogen and oxygen atoms in total. The Kier molecular flexibility index (Phi) is 5.80. The van der Waals surface area contributed by atoms with Gasteiger partial charge in [-0.15, -0.1) is 0 Å². The number of rotatable bonds is 4. The van der Waals surface area contributed by atoms with Gasteiger partial charge in [0.2, 0.25) is 5.91 Å². The van der Waals surface area contributed by atoms with Gasteiger partial charge in [-0.05, 0) is 35.9 Å². The van der Waals surface area contributed by atoms with Crippen molar-refractivity contribution in [2.45, 2.75) is 45.4 Å². The fraction of sp³-hybridized carbons (Fsp3) is 0.611. The first-order valence-corrected chi connectivity index (χ1v) is 8.16. The molecule has 1 saturated heterocycles. The van der Waals surface area contributed by atoms with Gasteiger partial charge in [0, 0.05) is 26.1 Å². The molecule has 1 amide bonds. The summed E-state index contributed by atoms with van der Waals surface area (Å²) >= 11 is 0. The van der Waals surface area contributed by atoms with Crippen molar-refractivity contribution in [1.29, 1.82) is 0 Å². The molecule has 1 atom stereocenters. The van der Waals surface area contributed by atoms with Crippen LogP contribution >= 0.6 is 0 Å². The smallest absolute Gasteiger partial charge is 0.223 e. The van der Waals surface area contributed by atoms with Crippen LogP contribution in [0.1, 0.15) is 56.6 Å². The lowest BCUT2D eigenvalue weighted by molar-refractivity contribution is -0.131. The SMILES string of the molecule is CC(C)c1ccc(C(C)CC(=O)N2CCCNCC2)cc1. The van der Waals surface area contributed by atoms with Crippen LogP contribution in [-0.4, -0.2) is 37.0 Å². The highest BCUT2D eigenvalue weighted by atomic mass is 16.2. The third-order valence-corrected chi connectivity index (χ3v) is 4.35. The number of hydrogen-bond acceptors (Lipinski definition) is 2. The maximum atomic E-state index is 12.4. The predicted molar refractivity (Wildman–Crippen MR) is 87.6 cm³/mol. The van der Waals surface area contributed by atoms with Crippen molar-refractivity contribution >= 4 is 5.91 Å². The average molecular weight is 288 g/mol. The van der Waals surface area contributed by atoms with Gasteiger partial charge in [0.25, 0.3) is 0 Å². The van der Waals surface area contributed by atoms with Gasteiger partial charge in [-0.3, -0.25) is 4.79 Å². The van der Waals surface area contributed by atoms with Crippen LogP contribution < -0.4 is 5.32 Å². The maximum Gasteiger partial charge on any atom is 0.223 e. The number of carbonyl (C=O) groups excluding carboxylic acids is 1. The minimum atomic E-state index is 0.287. The highest BCUT2D eigenvalue weighted by Crippen LogP contribution is 2.23. The average Bonchev–Trinajstić information content (AvgIpc) is 2.76. The highest BCUT2D eigenvalue weighted by molar-refractivity contribution is 5.77. The number of benzene rings is 1. The van der Waals surface area contributed by atoms with E-state index in [-0.39, 0.29) is 5.92 Å². The summed E-state index contributed by atoms with van der Waals surface area (Å²) in [7, 11) is 0. The second kappa shape index (κ2) is 7.60. The molecule has 1 heterocycles. The van der Waals surface area contributed by atoms with E-state index in [0.29, 0.717) is 18.2 Å². The van der Waals surface area contributed by atoms with Gasteiger partial charge in [0.15, 0.2) is 0 Å². The van der Waals surface area contributed by atoms with E-state index < -0.39 is 0 Å². The lowest BCUT2D eigenvalue weighted by atomic mass is 9.94. The van der Waals surface area contributed by atoms with Crippen molar-refractivity contribution < 1.29 is 4.79 Å². The zero-order valence-corrected chi connectivity index (χ0v) is 13.6. The summed E-state index contributed by atoms with van der Waals surface area (Å²) in [5.41, 5.74) is 2.62. The molecule has 1 aliphatic rings. The van der Waals surface area contributed by atoms with E-state index in [1.807, 2.05) is 4.90 Å². The Morgan fingerprint density at radius 1 is 1.10 bits per heavy atom. The van der Waals surface area contributed by atoms with Gasteiger partial charge in [-0.2, -0.15) is 0 Å². The Labute approximate surface area is 128 Å². The third kappa shape index (κ3) is 4.57. The van der Waals surface area contributed by atoms with Crippen molar-refractivity contribution in [3.8, 4) is 0 Å². The van der Waals surface area contributed by atoms with Crippen molar-refractivity contribution in [3.63, 3.8) is 0 Å². The van der Waals surface area contributed by atoms with Gasteiger partial charge in [0.1, 0.15) is 0 Å². The quantitative estimate of drug-likeness (QED) is 0.923. The van der Waals surface area contributed by atoms with E-state index in [9.17, 15) is 4.79 Å². The number of carbonyl (C=O) groups is 1. The molecular formula is C18H28N2O. The molecule has 0 spiro atoms. The standard InChI is InChI=1S/C18H28N2O/c1-14(2)16-5-7-17(8-6-16)15(3)13-18(21)20-11-4-9-19-10-12-20/h5-8,14-15,19H,4,9-13H2,1-3H3. The zero-order valence-electron chi connectivity index (χ0n) is 13.6. The molecule has 0 radical (unpaired) electrons. The molecule has 2 rings (SSSR count). The molecule has 1 aliphatic heterocycles. The van der Waals surface area contributed by atoms with Crippen molar-refractivity contribution in [1.82, 2.24) is 10.2 Å². The van der Waals surface area contributed by atoms with Crippen molar-refractivity contribution in [2.75, 3.05) is 26.2 Å². The molecule has 1 N–H and O–H groups in total. The molecule has 1 fully saturated rings. The Morgan fingerprint density at radius 2 is 1.76 bits per heavy atom. The van der Waals surface area contributed by atoms with E-state index in [1.165, 1.54) is 11.1 Å². The Balaban J connectivity index is 1.93. The zero-order chi connectivity index (χ0) is 15.2. The molecular weight excluding hydrogens is 260 g/mol. The van der Waals surface area contributed by atoms with Crippen LogP contribution in [0.2, 0.25) is 0 Å². The molecule has 1 aromatic rings. The van der Waals surface area contributed by atoms with Crippen LogP contribution in [0.5, 0.6) is 0 Å². The van der Waals surface area contributed by atoms with Crippen LogP contribution in [0.15, 0.2) is 24.3 Å². The Morgan fingerprint density at radius 3 is 2.43 bits per heavy atom. The van der Waals surface area contributed by atoms with E-state index >= 15 is 0 Å². The molecule has 1 unspecified atom stereocenters. The highest BCUT2D eigenvalue weighted by Gasteiger charge is 2.18. The summed E-state index contributed by atoms with van der Waals surface area (Å²) in [6.07, 6.45) is 1.67. The Bertz CT molecular complexity index is 445. The van der Waals surface area contributed by atoms with E-state index in [1.54, 1.807) is 0 Å². The third-order valence-electron chi connectivity index (χ3n) is 4.35. The topological polar surface area (TPSA) is 32.3 Å². The second-order valence-corrected chi connectivity index (χ2v) is 6.41. The minimum Gasteiger partial charge on any atom is -0.341 e. The molecule has 1 aromatic carbocycles. The first kappa shape index (κ1) is 16.0. The van der Waals surface area contributed by atoms with Gasteiger partial charge >= 0.3 is 0 Å². The van der Waals surface area contributed by atoms with Crippen LogP contribution in [-0.2, 0) is 4.79 Å². The molecule has 21 heavy (non-hydrogen) atoms. The first-order chi connectivity index (χ1) is 10.1.